The third-order valence-corrected chi connectivity index (χ3v) is 6.44. The Morgan fingerprint density at radius 2 is 2.03 bits per heavy atom. The Bertz CT molecular complexity index is 927. The number of imide groups is 1. The highest BCUT2D eigenvalue weighted by Crippen LogP contribution is 2.38. The number of hydrazine groups is 1. The minimum atomic E-state index is -1.06. The third-order valence-electron chi connectivity index (χ3n) is 6.22. The molecule has 0 saturated carbocycles. The first-order valence-electron chi connectivity index (χ1n) is 9.68. The molecule has 1 atom stereocenters. The van der Waals surface area contributed by atoms with Gasteiger partial charge in [0.1, 0.15) is 11.7 Å². The van der Waals surface area contributed by atoms with Crippen molar-refractivity contribution < 1.29 is 9.59 Å². The largest absolute Gasteiger partial charge is 0.398 e. The molecule has 1 aromatic carbocycles. The van der Waals surface area contributed by atoms with Crippen LogP contribution in [0.4, 0.5) is 16.2 Å². The highest BCUT2D eigenvalue weighted by molar-refractivity contribution is 6.31. The predicted octanol–water partition coefficient (Wildman–Crippen LogP) is 0.729. The third kappa shape index (κ3) is 3.03. The van der Waals surface area contributed by atoms with Crippen molar-refractivity contribution in [2.24, 2.45) is 5.84 Å². The number of rotatable bonds is 4. The molecular weight excluding hydrogens is 408 g/mol. The van der Waals surface area contributed by atoms with E-state index in [0.29, 0.717) is 42.2 Å². The fourth-order valence-corrected chi connectivity index (χ4v) is 4.60. The van der Waals surface area contributed by atoms with Gasteiger partial charge in [0.25, 0.3) is 5.91 Å². The highest BCUT2D eigenvalue weighted by Gasteiger charge is 2.57. The summed E-state index contributed by atoms with van der Waals surface area (Å²) in [4.78, 5) is 31.2. The lowest BCUT2D eigenvalue weighted by molar-refractivity contribution is -0.134. The van der Waals surface area contributed by atoms with Crippen LogP contribution in [0.15, 0.2) is 24.5 Å². The number of carbonyl (C=O) groups is 2. The lowest BCUT2D eigenvalue weighted by Gasteiger charge is -2.41. The lowest BCUT2D eigenvalue weighted by atomic mass is 9.86. The van der Waals surface area contributed by atoms with Gasteiger partial charge in [-0.2, -0.15) is 0 Å². The van der Waals surface area contributed by atoms with Crippen LogP contribution in [0.25, 0.3) is 0 Å². The van der Waals surface area contributed by atoms with Crippen molar-refractivity contribution in [1.82, 2.24) is 20.1 Å². The molecule has 0 bridgehead atoms. The molecule has 0 radical (unpaired) electrons. The molecule has 3 aliphatic heterocycles. The van der Waals surface area contributed by atoms with Crippen molar-refractivity contribution >= 4 is 41.1 Å². The van der Waals surface area contributed by atoms with Crippen LogP contribution in [-0.4, -0.2) is 71.3 Å². The second-order valence-corrected chi connectivity index (χ2v) is 8.26. The van der Waals surface area contributed by atoms with E-state index in [1.807, 2.05) is 23.0 Å². The van der Waals surface area contributed by atoms with E-state index in [1.165, 1.54) is 11.1 Å². The van der Waals surface area contributed by atoms with Crippen molar-refractivity contribution in [2.75, 3.05) is 37.3 Å². The van der Waals surface area contributed by atoms with Gasteiger partial charge in [0.15, 0.2) is 0 Å². The number of nitrogens with zero attached hydrogens (tertiary/aromatic N) is 4. The maximum atomic E-state index is 13.3. The molecule has 4 rings (SSSR count). The van der Waals surface area contributed by atoms with Gasteiger partial charge < -0.3 is 26.3 Å². The van der Waals surface area contributed by atoms with Crippen LogP contribution in [0.5, 0.6) is 0 Å². The van der Waals surface area contributed by atoms with Crippen LogP contribution in [0.2, 0.25) is 5.02 Å². The Labute approximate surface area is 179 Å². The van der Waals surface area contributed by atoms with E-state index in [9.17, 15) is 9.59 Å². The van der Waals surface area contributed by atoms with Gasteiger partial charge in [0, 0.05) is 60.7 Å². The van der Waals surface area contributed by atoms with Gasteiger partial charge >= 0.3 is 6.03 Å². The summed E-state index contributed by atoms with van der Waals surface area (Å²) < 4.78 is 0. The van der Waals surface area contributed by atoms with Gasteiger partial charge in [-0.3, -0.25) is 9.69 Å². The van der Waals surface area contributed by atoms with E-state index in [1.54, 1.807) is 18.3 Å². The molecule has 0 aromatic heterocycles. The number of anilines is 2. The summed E-state index contributed by atoms with van der Waals surface area (Å²) in [6.45, 7) is 1.16. The molecule has 2 saturated heterocycles. The number of hydrogen-bond donors (Lipinski definition) is 4. The smallest absolute Gasteiger partial charge is 0.342 e. The van der Waals surface area contributed by atoms with Gasteiger partial charge in [0.05, 0.1) is 6.54 Å². The van der Waals surface area contributed by atoms with Gasteiger partial charge in [-0.15, -0.1) is 0 Å². The summed E-state index contributed by atoms with van der Waals surface area (Å²) in [7, 11) is 1.87. The highest BCUT2D eigenvalue weighted by atomic mass is 35.5. The normalized spacial score (nSPS) is 23.0. The zero-order valence-electron chi connectivity index (χ0n) is 16.6. The number of carbonyl (C=O) groups excluding carboxylic acids is 2. The molecule has 160 valence electrons. The van der Waals surface area contributed by atoms with Crippen LogP contribution in [-0.2, 0) is 4.79 Å². The van der Waals surface area contributed by atoms with Crippen LogP contribution in [0, 0.1) is 5.41 Å². The number of hydrogen-bond acceptors (Lipinski definition) is 8. The number of amides is 3. The Kier molecular flexibility index (Phi) is 4.99. The number of nitrogen functional groups attached to an aromatic ring is 1. The van der Waals surface area contributed by atoms with E-state index in [2.05, 4.69) is 5.32 Å². The van der Waals surface area contributed by atoms with E-state index in [4.69, 9.17) is 28.6 Å². The second kappa shape index (κ2) is 7.37. The maximum Gasteiger partial charge on any atom is 0.342 e. The summed E-state index contributed by atoms with van der Waals surface area (Å²) in [5, 5.41) is 12.4. The molecule has 1 unspecified atom stereocenters. The number of nitrogens with two attached hydrogens (primary N) is 2. The Morgan fingerprint density at radius 1 is 1.33 bits per heavy atom. The fraction of sp³-hybridized carbons (Fsp3) is 0.421. The SMILES string of the molecule is CN1C=CNC1CN1C(=O)N(N)C2(CCN(c3cc(Cl)cc(N)c3C=N)CC2)C1=O. The molecule has 30 heavy (non-hydrogen) atoms. The maximum absolute atomic E-state index is 13.3. The van der Waals surface area contributed by atoms with Crippen molar-refractivity contribution in [1.29, 1.82) is 5.41 Å². The van der Waals surface area contributed by atoms with E-state index >= 15 is 0 Å². The summed E-state index contributed by atoms with van der Waals surface area (Å²) in [5.41, 5.74) is 6.70. The minimum absolute atomic E-state index is 0.175. The number of piperidine rings is 1. The Morgan fingerprint density at radius 3 is 2.63 bits per heavy atom. The van der Waals surface area contributed by atoms with Crippen LogP contribution < -0.4 is 21.8 Å². The van der Waals surface area contributed by atoms with Crippen molar-refractivity contribution in [3.8, 4) is 0 Å². The van der Waals surface area contributed by atoms with Crippen LogP contribution in [0.1, 0.15) is 18.4 Å². The zero-order valence-corrected chi connectivity index (χ0v) is 17.4. The molecule has 11 heteroatoms. The van der Waals surface area contributed by atoms with E-state index < -0.39 is 11.6 Å². The Balaban J connectivity index is 1.53. The predicted molar refractivity (Wildman–Crippen MR) is 115 cm³/mol. The van der Waals surface area contributed by atoms with Gasteiger partial charge in [0.2, 0.25) is 0 Å². The minimum Gasteiger partial charge on any atom is -0.398 e. The molecule has 10 nitrogen and oxygen atoms in total. The Hall–Kier alpha value is -2.98. The molecule has 2 fully saturated rings. The first kappa shape index (κ1) is 20.3. The van der Waals surface area contributed by atoms with Crippen molar-refractivity contribution in [3.63, 3.8) is 0 Å². The summed E-state index contributed by atoms with van der Waals surface area (Å²) in [6.07, 6.45) is 5.40. The number of urea groups is 1. The molecule has 3 aliphatic rings. The van der Waals surface area contributed by atoms with Crippen molar-refractivity contribution in [3.05, 3.63) is 35.1 Å². The van der Waals surface area contributed by atoms with Crippen LogP contribution in [0.3, 0.4) is 0 Å². The van der Waals surface area contributed by atoms with Gasteiger partial charge in [-0.05, 0) is 25.0 Å². The van der Waals surface area contributed by atoms with E-state index in [0.717, 1.165) is 10.7 Å². The number of likely N-dealkylation sites (N-methyl/N-ethyl adjacent to an activating group) is 1. The zero-order chi connectivity index (χ0) is 21.6. The molecule has 3 amide bonds. The number of halogens is 1. The average molecular weight is 433 g/mol. The summed E-state index contributed by atoms with van der Waals surface area (Å²) in [5.74, 6) is 5.87. The molecule has 0 aliphatic carbocycles. The fourth-order valence-electron chi connectivity index (χ4n) is 4.38. The monoisotopic (exact) mass is 432 g/mol. The first-order chi connectivity index (χ1) is 14.3. The van der Waals surface area contributed by atoms with Crippen LogP contribution >= 0.6 is 11.6 Å². The first-order valence-corrected chi connectivity index (χ1v) is 10.1. The number of benzene rings is 1. The lowest BCUT2D eigenvalue weighted by Crippen LogP contribution is -2.59. The van der Waals surface area contributed by atoms with Crippen molar-refractivity contribution in [2.45, 2.75) is 24.5 Å². The topological polar surface area (TPSA) is 135 Å². The van der Waals surface area contributed by atoms with Gasteiger partial charge in [-0.1, -0.05) is 11.6 Å². The summed E-state index contributed by atoms with van der Waals surface area (Å²) in [6, 6.07) is 2.89. The second-order valence-electron chi connectivity index (χ2n) is 7.82. The van der Waals surface area contributed by atoms with E-state index in [-0.39, 0.29) is 18.6 Å². The molecule has 1 spiro atoms. The molecular formula is C19H25ClN8O2. The summed E-state index contributed by atoms with van der Waals surface area (Å²) >= 11 is 6.17. The average Bonchev–Trinajstić information content (AvgIpc) is 3.20. The molecule has 6 N–H and O–H groups in total. The quantitative estimate of drug-likeness (QED) is 0.181. The molecule has 3 heterocycles. The number of nitrogens with one attached hydrogen (secondary N) is 2. The standard InChI is InChI=1S/C19H25ClN8O2/c1-25-7-4-24-16(25)11-27-17(29)19(28(23)18(27)30)2-5-26(6-3-19)15-9-12(20)8-14(22)13(15)10-21/h4,7-10,16,21,24H,2-3,5-6,11,22-23H2,1H3. The molecule has 1 aromatic rings. The van der Waals surface area contributed by atoms with Gasteiger partial charge in [-0.25, -0.2) is 15.6 Å².